The van der Waals surface area contributed by atoms with E-state index in [1.54, 1.807) is 19.4 Å². The van der Waals surface area contributed by atoms with Crippen molar-refractivity contribution in [2.75, 3.05) is 13.6 Å². The summed E-state index contributed by atoms with van der Waals surface area (Å²) in [7, 11) is 1.60. The molecule has 2 aromatic heterocycles. The highest BCUT2D eigenvalue weighted by atomic mass is 16.3. The van der Waals surface area contributed by atoms with Crippen LogP contribution in [0, 0.1) is 11.3 Å². The number of carbonyl (C=O) groups is 2. The summed E-state index contributed by atoms with van der Waals surface area (Å²) in [6, 6.07) is 3.65. The average Bonchev–Trinajstić information content (AvgIpc) is 3.25. The molecule has 1 aliphatic heterocycles. The van der Waals surface area contributed by atoms with E-state index in [0.717, 1.165) is 18.8 Å². The highest BCUT2D eigenvalue weighted by Crippen LogP contribution is 2.32. The zero-order chi connectivity index (χ0) is 18.9. The molecule has 26 heavy (non-hydrogen) atoms. The van der Waals surface area contributed by atoms with E-state index < -0.39 is 5.92 Å². The van der Waals surface area contributed by atoms with Crippen LogP contribution in [-0.4, -0.2) is 34.8 Å². The Kier molecular flexibility index (Phi) is 5.00. The fourth-order valence-electron chi connectivity index (χ4n) is 3.37. The van der Waals surface area contributed by atoms with Gasteiger partial charge in [-0.15, -0.1) is 0 Å². The predicted octanol–water partition coefficient (Wildman–Crippen LogP) is 2.23. The van der Waals surface area contributed by atoms with Gasteiger partial charge in [0.05, 0.1) is 17.9 Å². The average molecular weight is 358 g/mol. The fraction of sp³-hybridized carbons (Fsp3) is 0.526. The van der Waals surface area contributed by atoms with Crippen molar-refractivity contribution in [1.82, 2.24) is 20.2 Å². The second kappa shape index (κ2) is 7.07. The fourth-order valence-corrected chi connectivity index (χ4v) is 3.37. The van der Waals surface area contributed by atoms with Crippen molar-refractivity contribution in [3.8, 4) is 11.6 Å². The molecule has 0 bridgehead atoms. The van der Waals surface area contributed by atoms with E-state index in [0.29, 0.717) is 23.8 Å². The Morgan fingerprint density at radius 2 is 2.19 bits per heavy atom. The van der Waals surface area contributed by atoms with Gasteiger partial charge in [0.1, 0.15) is 5.69 Å². The second-order valence-electron chi connectivity index (χ2n) is 7.70. The van der Waals surface area contributed by atoms with Crippen LogP contribution in [0.4, 0.5) is 0 Å². The molecule has 2 N–H and O–H groups in total. The van der Waals surface area contributed by atoms with E-state index >= 15 is 0 Å². The standard InChI is InChI=1S/C19H26N4O3/c1-19(2,3)12(18(25)20-4)10-14(24)16-13-11-21-7-8-23(13)17(22-16)15-6-5-9-26-15/h5-6,9,12,21H,7-8,10-11H2,1-4H3,(H,20,25)/t12-/m1/s1. The van der Waals surface area contributed by atoms with Gasteiger partial charge in [-0.05, 0) is 17.5 Å². The lowest BCUT2D eigenvalue weighted by Gasteiger charge is -2.28. The highest BCUT2D eigenvalue weighted by Gasteiger charge is 2.35. The molecule has 3 rings (SSSR count). The van der Waals surface area contributed by atoms with Crippen molar-refractivity contribution in [3.63, 3.8) is 0 Å². The first kappa shape index (κ1) is 18.4. The number of imidazole rings is 1. The third-order valence-corrected chi connectivity index (χ3v) is 4.88. The molecule has 7 nitrogen and oxygen atoms in total. The first-order valence-corrected chi connectivity index (χ1v) is 8.91. The molecule has 0 radical (unpaired) electrons. The maximum absolute atomic E-state index is 13.1. The first-order valence-electron chi connectivity index (χ1n) is 8.91. The molecule has 1 amide bonds. The molecule has 2 aromatic rings. The molecular formula is C19H26N4O3. The van der Waals surface area contributed by atoms with E-state index in [1.165, 1.54) is 0 Å². The van der Waals surface area contributed by atoms with Gasteiger partial charge in [-0.3, -0.25) is 9.59 Å². The molecule has 140 valence electrons. The summed E-state index contributed by atoms with van der Waals surface area (Å²) in [6.45, 7) is 8.03. The van der Waals surface area contributed by atoms with Crippen molar-refractivity contribution < 1.29 is 14.0 Å². The number of ketones is 1. The number of amides is 1. The number of fused-ring (bicyclic) bond motifs is 1. The van der Waals surface area contributed by atoms with Crippen molar-refractivity contribution >= 4 is 11.7 Å². The molecule has 7 heteroatoms. The monoisotopic (exact) mass is 358 g/mol. The van der Waals surface area contributed by atoms with Crippen LogP contribution in [-0.2, 0) is 17.9 Å². The van der Waals surface area contributed by atoms with Crippen molar-refractivity contribution in [3.05, 3.63) is 29.8 Å². The van der Waals surface area contributed by atoms with E-state index in [-0.39, 0.29) is 23.5 Å². The Morgan fingerprint density at radius 3 is 2.81 bits per heavy atom. The number of hydrogen-bond donors (Lipinski definition) is 2. The molecular weight excluding hydrogens is 332 g/mol. The number of hydrogen-bond acceptors (Lipinski definition) is 5. The van der Waals surface area contributed by atoms with Gasteiger partial charge in [0.15, 0.2) is 17.4 Å². The van der Waals surface area contributed by atoms with Crippen molar-refractivity contribution in [2.45, 2.75) is 40.3 Å². The first-order chi connectivity index (χ1) is 12.3. The van der Waals surface area contributed by atoms with Crippen LogP contribution in [0.15, 0.2) is 22.8 Å². The van der Waals surface area contributed by atoms with E-state index in [1.807, 2.05) is 31.4 Å². The lowest BCUT2D eigenvalue weighted by atomic mass is 9.77. The summed E-state index contributed by atoms with van der Waals surface area (Å²) in [5.74, 6) is 0.663. The summed E-state index contributed by atoms with van der Waals surface area (Å²) < 4.78 is 7.53. The van der Waals surface area contributed by atoms with Gasteiger partial charge in [-0.2, -0.15) is 0 Å². The Bertz CT molecular complexity index is 800. The maximum Gasteiger partial charge on any atom is 0.223 e. The van der Waals surface area contributed by atoms with Crippen molar-refractivity contribution in [2.24, 2.45) is 11.3 Å². The lowest BCUT2D eigenvalue weighted by Crippen LogP contribution is -2.38. The van der Waals surface area contributed by atoms with Crippen LogP contribution in [0.3, 0.4) is 0 Å². The lowest BCUT2D eigenvalue weighted by molar-refractivity contribution is -0.127. The SMILES string of the molecule is CNC(=O)[C@@H](CC(=O)c1nc(-c2ccco2)n2c1CNCC2)C(C)(C)C. The van der Waals surface area contributed by atoms with Gasteiger partial charge in [0, 0.05) is 33.1 Å². The number of carbonyl (C=O) groups excluding carboxylic acids is 2. The predicted molar refractivity (Wildman–Crippen MR) is 97.6 cm³/mol. The Hall–Kier alpha value is -2.41. The van der Waals surface area contributed by atoms with Crippen molar-refractivity contribution in [1.29, 1.82) is 0 Å². The number of rotatable bonds is 5. The molecule has 1 atom stereocenters. The minimum Gasteiger partial charge on any atom is -0.461 e. The van der Waals surface area contributed by atoms with E-state index in [9.17, 15) is 9.59 Å². The van der Waals surface area contributed by atoms with Gasteiger partial charge in [0.2, 0.25) is 5.91 Å². The summed E-state index contributed by atoms with van der Waals surface area (Å²) in [5.41, 5.74) is 0.969. The van der Waals surface area contributed by atoms with Gasteiger partial charge in [0.25, 0.3) is 0 Å². The highest BCUT2D eigenvalue weighted by molar-refractivity contribution is 5.98. The Balaban J connectivity index is 1.96. The van der Waals surface area contributed by atoms with Gasteiger partial charge in [-0.25, -0.2) is 4.98 Å². The number of nitrogens with zero attached hydrogens (tertiary/aromatic N) is 2. The van der Waals surface area contributed by atoms with Gasteiger partial charge in [-0.1, -0.05) is 20.8 Å². The molecule has 0 saturated heterocycles. The third-order valence-electron chi connectivity index (χ3n) is 4.88. The number of furan rings is 1. The Morgan fingerprint density at radius 1 is 1.42 bits per heavy atom. The number of Topliss-reactive ketones (excluding diaryl/α,β-unsaturated/α-hetero) is 1. The summed E-state index contributed by atoms with van der Waals surface area (Å²) >= 11 is 0. The topological polar surface area (TPSA) is 89.2 Å². The molecule has 0 spiro atoms. The van der Waals surface area contributed by atoms with Crippen LogP contribution >= 0.6 is 0 Å². The van der Waals surface area contributed by atoms with E-state index in [2.05, 4.69) is 15.6 Å². The quantitative estimate of drug-likeness (QED) is 0.800. The normalized spacial score (nSPS) is 15.4. The molecule has 3 heterocycles. The minimum absolute atomic E-state index is 0.112. The second-order valence-corrected chi connectivity index (χ2v) is 7.70. The van der Waals surface area contributed by atoms with Crippen LogP contribution < -0.4 is 10.6 Å². The number of aromatic nitrogens is 2. The minimum atomic E-state index is -0.416. The maximum atomic E-state index is 13.1. The molecule has 0 saturated carbocycles. The van der Waals surface area contributed by atoms with E-state index in [4.69, 9.17) is 4.42 Å². The molecule has 0 fully saturated rings. The largest absolute Gasteiger partial charge is 0.461 e. The van der Waals surface area contributed by atoms with Crippen LogP contribution in [0.25, 0.3) is 11.6 Å². The zero-order valence-electron chi connectivity index (χ0n) is 15.8. The molecule has 0 unspecified atom stereocenters. The Labute approximate surface area is 153 Å². The smallest absolute Gasteiger partial charge is 0.223 e. The molecule has 0 aliphatic carbocycles. The number of nitrogens with one attached hydrogen (secondary N) is 2. The zero-order valence-corrected chi connectivity index (χ0v) is 15.8. The summed E-state index contributed by atoms with van der Waals surface area (Å²) in [5, 5.41) is 5.96. The summed E-state index contributed by atoms with van der Waals surface area (Å²) in [4.78, 5) is 30.0. The van der Waals surface area contributed by atoms with Crippen LogP contribution in [0.2, 0.25) is 0 Å². The molecule has 1 aliphatic rings. The van der Waals surface area contributed by atoms with Crippen LogP contribution in [0.1, 0.15) is 43.4 Å². The van der Waals surface area contributed by atoms with Gasteiger partial charge < -0.3 is 19.6 Å². The molecule has 0 aromatic carbocycles. The van der Waals surface area contributed by atoms with Gasteiger partial charge >= 0.3 is 0 Å². The van der Waals surface area contributed by atoms with Crippen LogP contribution in [0.5, 0.6) is 0 Å². The summed E-state index contributed by atoms with van der Waals surface area (Å²) in [6.07, 6.45) is 1.73. The third kappa shape index (κ3) is 3.44.